The molecule has 1 aliphatic carbocycles. The summed E-state index contributed by atoms with van der Waals surface area (Å²) in [5.74, 6) is -0.622. The summed E-state index contributed by atoms with van der Waals surface area (Å²) in [7, 11) is 0. The van der Waals surface area contributed by atoms with Crippen molar-refractivity contribution in [2.75, 3.05) is 0 Å². The van der Waals surface area contributed by atoms with Crippen molar-refractivity contribution < 1.29 is 19.2 Å². The number of rotatable bonds is 6. The van der Waals surface area contributed by atoms with E-state index in [9.17, 15) is 19.7 Å². The molecule has 0 saturated heterocycles. The smallest absolute Gasteiger partial charge is 0.343 e. The minimum absolute atomic E-state index is 0.0147. The summed E-state index contributed by atoms with van der Waals surface area (Å²) in [6.45, 7) is 0. The number of carbonyl (C=O) groups is 2. The summed E-state index contributed by atoms with van der Waals surface area (Å²) in [6, 6.07) is 16.2. The third-order valence-corrected chi connectivity index (χ3v) is 4.74. The van der Waals surface area contributed by atoms with Gasteiger partial charge >= 0.3 is 5.97 Å². The molecule has 0 bridgehead atoms. The Bertz CT molecular complexity index is 1180. The Morgan fingerprint density at radius 2 is 1.90 bits per heavy atom. The van der Waals surface area contributed by atoms with E-state index < -0.39 is 10.9 Å². The maximum Gasteiger partial charge on any atom is 0.343 e. The number of hydrogen-bond donors (Lipinski definition) is 1. The largest absolute Gasteiger partial charge is 0.422 e. The van der Waals surface area contributed by atoms with E-state index in [0.29, 0.717) is 5.56 Å². The molecule has 30 heavy (non-hydrogen) atoms. The molecule has 1 fully saturated rings. The van der Waals surface area contributed by atoms with Gasteiger partial charge in [-0.15, -0.1) is 0 Å². The third kappa shape index (κ3) is 4.17. The van der Waals surface area contributed by atoms with Crippen molar-refractivity contribution in [2.24, 2.45) is 11.0 Å². The van der Waals surface area contributed by atoms with E-state index >= 15 is 0 Å². The van der Waals surface area contributed by atoms with E-state index in [4.69, 9.17) is 4.74 Å². The first-order valence-corrected chi connectivity index (χ1v) is 9.34. The average Bonchev–Trinajstić information content (AvgIpc) is 3.60. The lowest BCUT2D eigenvalue weighted by molar-refractivity contribution is -0.384. The first-order chi connectivity index (χ1) is 14.5. The fraction of sp³-hybridized carbons (Fsp3) is 0.136. The van der Waals surface area contributed by atoms with Crippen LogP contribution in [-0.4, -0.2) is 23.0 Å². The summed E-state index contributed by atoms with van der Waals surface area (Å²) in [5, 5.41) is 16.7. The van der Waals surface area contributed by atoms with Gasteiger partial charge in [0, 0.05) is 23.6 Å². The van der Waals surface area contributed by atoms with Crippen molar-refractivity contribution in [2.45, 2.75) is 12.8 Å². The second kappa shape index (κ2) is 8.12. The van der Waals surface area contributed by atoms with Crippen LogP contribution in [0.5, 0.6) is 5.75 Å². The lowest BCUT2D eigenvalue weighted by Gasteiger charge is -2.10. The Labute approximate surface area is 171 Å². The van der Waals surface area contributed by atoms with Crippen LogP contribution in [0.3, 0.4) is 0 Å². The Morgan fingerprint density at radius 3 is 2.67 bits per heavy atom. The maximum atomic E-state index is 12.6. The van der Waals surface area contributed by atoms with Gasteiger partial charge < -0.3 is 4.74 Å². The first-order valence-electron chi connectivity index (χ1n) is 9.34. The molecule has 1 amide bonds. The highest BCUT2D eigenvalue weighted by Crippen LogP contribution is 2.29. The minimum Gasteiger partial charge on any atom is -0.422 e. The molecule has 8 heteroatoms. The molecule has 3 aromatic carbocycles. The van der Waals surface area contributed by atoms with E-state index in [-0.39, 0.29) is 28.8 Å². The number of carbonyl (C=O) groups excluding carboxylic acids is 2. The predicted molar refractivity (Wildman–Crippen MR) is 110 cm³/mol. The molecule has 1 saturated carbocycles. The number of non-ortho nitro benzene ring substituents is 1. The van der Waals surface area contributed by atoms with Crippen LogP contribution in [0, 0.1) is 16.0 Å². The summed E-state index contributed by atoms with van der Waals surface area (Å²) >= 11 is 0. The highest BCUT2D eigenvalue weighted by atomic mass is 16.6. The SMILES string of the molecule is O=C(Oc1ccc2ccccc2c1/C=N\NC(=O)C1CC1)c1cccc([N+](=O)[O-])c1. The summed E-state index contributed by atoms with van der Waals surface area (Å²) in [5.41, 5.74) is 2.88. The van der Waals surface area contributed by atoms with Crippen molar-refractivity contribution in [1.82, 2.24) is 5.43 Å². The molecule has 0 aliphatic heterocycles. The van der Waals surface area contributed by atoms with Gasteiger partial charge in [0.25, 0.3) is 5.69 Å². The molecule has 1 aliphatic rings. The van der Waals surface area contributed by atoms with Crippen LogP contribution in [0.25, 0.3) is 10.8 Å². The van der Waals surface area contributed by atoms with Crippen molar-refractivity contribution in [3.8, 4) is 5.75 Å². The molecule has 0 radical (unpaired) electrons. The topological polar surface area (TPSA) is 111 Å². The van der Waals surface area contributed by atoms with Crippen LogP contribution in [0.1, 0.15) is 28.8 Å². The zero-order chi connectivity index (χ0) is 21.1. The molecule has 0 atom stereocenters. The van der Waals surface area contributed by atoms with Crippen LogP contribution in [-0.2, 0) is 4.79 Å². The second-order valence-electron chi connectivity index (χ2n) is 6.90. The van der Waals surface area contributed by atoms with Gasteiger partial charge in [-0.1, -0.05) is 36.4 Å². The standard InChI is InChI=1S/C22H17N3O5/c26-21(15-8-9-15)24-23-13-19-18-7-2-1-4-14(18)10-11-20(19)30-22(27)16-5-3-6-17(12-16)25(28)29/h1-7,10-13,15H,8-9H2,(H,24,26)/b23-13-. The molecule has 8 nitrogen and oxygen atoms in total. The van der Waals surface area contributed by atoms with Gasteiger partial charge in [-0.3, -0.25) is 14.9 Å². The minimum atomic E-state index is -0.731. The number of fused-ring (bicyclic) bond motifs is 1. The van der Waals surface area contributed by atoms with Crippen molar-refractivity contribution in [3.63, 3.8) is 0 Å². The summed E-state index contributed by atoms with van der Waals surface area (Å²) in [6.07, 6.45) is 3.17. The number of ether oxygens (including phenoxy) is 1. The van der Waals surface area contributed by atoms with Gasteiger partial charge in [0.1, 0.15) is 5.75 Å². The van der Waals surface area contributed by atoms with E-state index in [1.54, 1.807) is 12.1 Å². The fourth-order valence-electron chi connectivity index (χ4n) is 3.00. The molecular formula is C22H17N3O5. The number of benzene rings is 3. The van der Waals surface area contributed by atoms with Gasteiger partial charge in [0.05, 0.1) is 16.7 Å². The molecule has 150 valence electrons. The van der Waals surface area contributed by atoms with Gasteiger partial charge in [0.2, 0.25) is 5.91 Å². The summed E-state index contributed by atoms with van der Waals surface area (Å²) in [4.78, 5) is 34.8. The zero-order valence-electron chi connectivity index (χ0n) is 15.8. The first kappa shape index (κ1) is 19.3. The summed E-state index contributed by atoms with van der Waals surface area (Å²) < 4.78 is 5.53. The maximum absolute atomic E-state index is 12.6. The Kier molecular flexibility index (Phi) is 5.21. The van der Waals surface area contributed by atoms with E-state index in [1.165, 1.54) is 24.4 Å². The molecule has 0 spiro atoms. The number of esters is 1. The quantitative estimate of drug-likeness (QED) is 0.221. The van der Waals surface area contributed by atoms with Gasteiger partial charge in [-0.05, 0) is 35.7 Å². The highest BCUT2D eigenvalue weighted by Gasteiger charge is 2.29. The number of amides is 1. The van der Waals surface area contributed by atoms with Gasteiger partial charge in [-0.2, -0.15) is 5.10 Å². The second-order valence-corrected chi connectivity index (χ2v) is 6.90. The Hall–Kier alpha value is -4.07. The molecule has 3 aromatic rings. The Morgan fingerprint density at radius 1 is 1.10 bits per heavy atom. The van der Waals surface area contributed by atoms with E-state index in [0.717, 1.165) is 29.7 Å². The van der Waals surface area contributed by atoms with Crippen LogP contribution >= 0.6 is 0 Å². The molecular weight excluding hydrogens is 386 g/mol. The lowest BCUT2D eigenvalue weighted by Crippen LogP contribution is -2.19. The number of nitro groups is 1. The van der Waals surface area contributed by atoms with Crippen molar-refractivity contribution in [1.29, 1.82) is 0 Å². The molecule has 1 N–H and O–H groups in total. The van der Waals surface area contributed by atoms with Crippen LogP contribution in [0.2, 0.25) is 0 Å². The number of nitrogens with zero attached hydrogens (tertiary/aromatic N) is 2. The number of nitro benzene ring substituents is 1. The molecule has 4 rings (SSSR count). The highest BCUT2D eigenvalue weighted by molar-refractivity contribution is 6.04. The van der Waals surface area contributed by atoms with E-state index in [1.807, 2.05) is 24.3 Å². The van der Waals surface area contributed by atoms with Gasteiger partial charge in [-0.25, -0.2) is 10.2 Å². The van der Waals surface area contributed by atoms with Crippen LogP contribution in [0.4, 0.5) is 5.69 Å². The number of hydrazone groups is 1. The molecule has 0 unspecified atom stereocenters. The average molecular weight is 403 g/mol. The van der Waals surface area contributed by atoms with Crippen molar-refractivity contribution >= 4 is 34.6 Å². The van der Waals surface area contributed by atoms with Crippen molar-refractivity contribution in [3.05, 3.63) is 81.9 Å². The third-order valence-electron chi connectivity index (χ3n) is 4.74. The van der Waals surface area contributed by atoms with E-state index in [2.05, 4.69) is 10.5 Å². The lowest BCUT2D eigenvalue weighted by atomic mass is 10.0. The normalized spacial score (nSPS) is 13.3. The number of hydrogen-bond acceptors (Lipinski definition) is 6. The number of nitrogens with one attached hydrogen (secondary N) is 1. The fourth-order valence-corrected chi connectivity index (χ4v) is 3.00. The Balaban J connectivity index is 1.65. The monoisotopic (exact) mass is 403 g/mol. The van der Waals surface area contributed by atoms with Crippen LogP contribution in [0.15, 0.2) is 65.8 Å². The zero-order valence-corrected chi connectivity index (χ0v) is 15.8. The van der Waals surface area contributed by atoms with Crippen LogP contribution < -0.4 is 10.2 Å². The molecule has 0 heterocycles. The predicted octanol–water partition coefficient (Wildman–Crippen LogP) is 3.83. The molecule has 0 aromatic heterocycles. The van der Waals surface area contributed by atoms with Gasteiger partial charge in [0.15, 0.2) is 0 Å².